The first-order chi connectivity index (χ1) is 25.6. The second-order valence-electron chi connectivity index (χ2n) is 15.0. The van der Waals surface area contributed by atoms with E-state index in [9.17, 15) is 9.59 Å². The molecule has 4 N–H and O–H groups in total. The molecule has 4 atom stereocenters. The van der Waals surface area contributed by atoms with Crippen molar-refractivity contribution in [3.63, 3.8) is 0 Å². The van der Waals surface area contributed by atoms with Crippen LogP contribution < -0.4 is 21.3 Å². The van der Waals surface area contributed by atoms with Gasteiger partial charge in [-0.25, -0.2) is 0 Å². The van der Waals surface area contributed by atoms with Crippen molar-refractivity contribution < 1.29 is 28.5 Å². The molecular formula is C41H71N5O6. The molecule has 0 unspecified atom stereocenters. The molecule has 0 amide bonds. The van der Waals surface area contributed by atoms with Crippen LogP contribution in [0.15, 0.2) is 0 Å². The number of Topliss-reactive ketones (excluding diaryl/α,β-unsaturated/α-hetero) is 2. The Kier molecular flexibility index (Phi) is 20.9. The topological polar surface area (TPSA) is 132 Å². The first-order valence-electron chi connectivity index (χ1n) is 20.7. The van der Waals surface area contributed by atoms with Crippen LogP contribution in [0, 0.1) is 0 Å². The van der Waals surface area contributed by atoms with E-state index in [1.54, 1.807) is 14.2 Å². The Balaban J connectivity index is 1.72. The van der Waals surface area contributed by atoms with Crippen LogP contribution in [0.25, 0.3) is 0 Å². The Bertz CT molecular complexity index is 1180. The lowest BCUT2D eigenvalue weighted by atomic mass is 9.86. The van der Waals surface area contributed by atoms with Crippen LogP contribution in [0.3, 0.4) is 0 Å². The molecule has 11 nitrogen and oxygen atoms in total. The van der Waals surface area contributed by atoms with E-state index in [1.807, 2.05) is 0 Å². The zero-order chi connectivity index (χ0) is 36.8. The zero-order valence-electron chi connectivity index (χ0n) is 32.8. The fourth-order valence-corrected chi connectivity index (χ4v) is 8.25. The smallest absolute Gasteiger partial charge is 0.165 e. The highest BCUT2D eigenvalue weighted by Gasteiger charge is 2.31. The zero-order valence-corrected chi connectivity index (χ0v) is 32.8. The number of nitrogens with zero attached hydrogens (tertiary/aromatic N) is 1. The van der Waals surface area contributed by atoms with E-state index >= 15 is 0 Å². The summed E-state index contributed by atoms with van der Waals surface area (Å²) in [4.78, 5) is 34.2. The predicted octanol–water partition coefficient (Wildman–Crippen LogP) is 5.45. The fraction of sp³-hybridized carbons (Fsp3) is 0.829. The van der Waals surface area contributed by atoms with Crippen LogP contribution in [-0.4, -0.2) is 108 Å². The van der Waals surface area contributed by atoms with Crippen molar-refractivity contribution in [2.24, 2.45) is 0 Å². The number of ketones is 2. The monoisotopic (exact) mass is 730 g/mol. The third-order valence-electron chi connectivity index (χ3n) is 11.0. The molecule has 11 heteroatoms. The Labute approximate surface area is 314 Å². The molecule has 1 aliphatic heterocycles. The third kappa shape index (κ3) is 14.1. The van der Waals surface area contributed by atoms with Crippen molar-refractivity contribution in [1.29, 1.82) is 0 Å². The minimum atomic E-state index is 0.0638. The minimum Gasteiger partial charge on any atom is -0.385 e. The number of nitrogens with one attached hydrogen (secondary N) is 4. The van der Waals surface area contributed by atoms with Crippen molar-refractivity contribution in [3.05, 3.63) is 28.1 Å². The normalized spacial score (nSPS) is 22.9. The quantitative estimate of drug-likeness (QED) is 0.0952. The molecule has 296 valence electrons. The van der Waals surface area contributed by atoms with Gasteiger partial charge in [-0.05, 0) is 63.4 Å². The molecule has 4 rings (SSSR count). The second-order valence-corrected chi connectivity index (χ2v) is 15.0. The van der Waals surface area contributed by atoms with Crippen LogP contribution in [-0.2, 0) is 38.5 Å². The standard InChI is InChI=1S/C41H71N5O6/c1-4-5-6-14-31-40(38(47)19-11-24-51-26-13-23-49-2)36-29-44-34-17-9-7-15-32(34)42-21-22-43-33-16-8-10-18-35(33)45-30-37(46-36)41(31)39(48)20-12-25-52-28-27-50-3/h32-35,42-45H,4-30H2,1-3H3/t32-,33-,34-,35-/m1/s1. The van der Waals surface area contributed by atoms with E-state index in [4.69, 9.17) is 23.9 Å². The SMILES string of the molecule is CCCCCc1c(C(=O)CCCOCCCOC)c2nc(c1C(=O)CCCOCCOC)CN[C@@H]1CCCC[C@H]1NCCN[C@@H]1CCCC[C@H]1NC2. The van der Waals surface area contributed by atoms with Crippen LogP contribution in [0.4, 0.5) is 0 Å². The summed E-state index contributed by atoms with van der Waals surface area (Å²) in [5.74, 6) is 0.134. The van der Waals surface area contributed by atoms with Gasteiger partial charge < -0.3 is 40.2 Å². The minimum absolute atomic E-state index is 0.0638. The highest BCUT2D eigenvalue weighted by molar-refractivity contribution is 6.05. The van der Waals surface area contributed by atoms with E-state index in [-0.39, 0.29) is 11.6 Å². The van der Waals surface area contributed by atoms with Gasteiger partial charge in [-0.1, -0.05) is 45.4 Å². The predicted molar refractivity (Wildman–Crippen MR) is 206 cm³/mol. The molecule has 2 heterocycles. The van der Waals surface area contributed by atoms with Gasteiger partial charge in [-0.2, -0.15) is 0 Å². The van der Waals surface area contributed by atoms with E-state index in [2.05, 4.69) is 28.2 Å². The van der Waals surface area contributed by atoms with E-state index in [0.717, 1.165) is 81.4 Å². The van der Waals surface area contributed by atoms with Crippen LogP contribution in [0.2, 0.25) is 0 Å². The second kappa shape index (κ2) is 25.3. The van der Waals surface area contributed by atoms with Crippen molar-refractivity contribution in [2.45, 2.75) is 153 Å². The maximum atomic E-state index is 14.5. The molecule has 0 aromatic carbocycles. The van der Waals surface area contributed by atoms with Crippen LogP contribution >= 0.6 is 0 Å². The molecule has 2 bridgehead atoms. The highest BCUT2D eigenvalue weighted by Crippen LogP contribution is 2.29. The van der Waals surface area contributed by atoms with Crippen molar-refractivity contribution in [1.82, 2.24) is 26.3 Å². The van der Waals surface area contributed by atoms with Crippen molar-refractivity contribution >= 4 is 11.6 Å². The first kappa shape index (κ1) is 42.9. The summed E-state index contributed by atoms with van der Waals surface area (Å²) < 4.78 is 21.8. The first-order valence-corrected chi connectivity index (χ1v) is 20.7. The lowest BCUT2D eigenvalue weighted by Gasteiger charge is -2.34. The van der Waals surface area contributed by atoms with Crippen molar-refractivity contribution in [2.75, 3.05) is 67.0 Å². The third-order valence-corrected chi connectivity index (χ3v) is 11.0. The number of aromatic nitrogens is 1. The number of carbonyl (C=O) groups is 2. The molecule has 1 aromatic rings. The Morgan fingerprint density at radius 2 is 1.08 bits per heavy atom. The number of ether oxygens (including phenoxy) is 4. The Morgan fingerprint density at radius 1 is 0.596 bits per heavy atom. The molecule has 2 fully saturated rings. The van der Waals surface area contributed by atoms with Gasteiger partial charge >= 0.3 is 0 Å². The summed E-state index contributed by atoms with van der Waals surface area (Å²) >= 11 is 0. The molecule has 2 aliphatic carbocycles. The van der Waals surface area contributed by atoms with Gasteiger partial charge in [0.05, 0.1) is 24.6 Å². The van der Waals surface area contributed by atoms with Gasteiger partial charge in [0.25, 0.3) is 0 Å². The number of hydrogen-bond acceptors (Lipinski definition) is 11. The van der Waals surface area contributed by atoms with E-state index < -0.39 is 0 Å². The maximum absolute atomic E-state index is 14.5. The van der Waals surface area contributed by atoms with Crippen molar-refractivity contribution in [3.8, 4) is 0 Å². The lowest BCUT2D eigenvalue weighted by Crippen LogP contribution is -2.53. The van der Waals surface area contributed by atoms with Crippen LogP contribution in [0.5, 0.6) is 0 Å². The Hall–Kier alpha value is -1.83. The fourth-order valence-electron chi connectivity index (χ4n) is 8.25. The van der Waals surface area contributed by atoms with Crippen LogP contribution in [0.1, 0.15) is 147 Å². The number of pyridine rings is 1. The van der Waals surface area contributed by atoms with Gasteiger partial charge in [-0.15, -0.1) is 0 Å². The van der Waals surface area contributed by atoms with E-state index in [0.29, 0.717) is 120 Å². The average molecular weight is 730 g/mol. The molecule has 3 aliphatic rings. The lowest BCUT2D eigenvalue weighted by molar-refractivity contribution is 0.0669. The number of hydrogen-bond donors (Lipinski definition) is 4. The van der Waals surface area contributed by atoms with E-state index in [1.165, 1.54) is 25.7 Å². The van der Waals surface area contributed by atoms with Gasteiger partial charge in [0.1, 0.15) is 0 Å². The molecule has 0 spiro atoms. The molecule has 52 heavy (non-hydrogen) atoms. The summed E-state index contributed by atoms with van der Waals surface area (Å²) in [6.45, 7) is 8.41. The summed E-state index contributed by atoms with van der Waals surface area (Å²) in [6, 6.07) is 1.36. The molecule has 2 saturated carbocycles. The average Bonchev–Trinajstić information content (AvgIpc) is 3.16. The summed E-state index contributed by atoms with van der Waals surface area (Å²) in [5.41, 5.74) is 3.85. The number of fused-ring (bicyclic) bond motifs is 4. The summed E-state index contributed by atoms with van der Waals surface area (Å²) in [7, 11) is 3.35. The number of unbranched alkanes of at least 4 members (excludes halogenated alkanes) is 2. The number of rotatable bonds is 21. The number of methoxy groups -OCH3 is 2. The summed E-state index contributed by atoms with van der Waals surface area (Å²) in [5, 5.41) is 15.5. The molecule has 0 radical (unpaired) electrons. The van der Waals surface area contributed by atoms with Gasteiger partial charge in [0, 0.05) is 115 Å². The van der Waals surface area contributed by atoms with Gasteiger partial charge in [-0.3, -0.25) is 14.6 Å². The van der Waals surface area contributed by atoms with Gasteiger partial charge in [0.2, 0.25) is 0 Å². The molecule has 0 saturated heterocycles. The number of carbonyl (C=O) groups excluding carboxylic acids is 2. The molecule has 1 aromatic heterocycles. The summed E-state index contributed by atoms with van der Waals surface area (Å²) in [6.07, 6.45) is 15.8. The maximum Gasteiger partial charge on any atom is 0.165 e. The Morgan fingerprint density at radius 3 is 1.58 bits per heavy atom. The molecular weight excluding hydrogens is 658 g/mol. The highest BCUT2D eigenvalue weighted by atomic mass is 16.5. The van der Waals surface area contributed by atoms with Gasteiger partial charge in [0.15, 0.2) is 11.6 Å². The largest absolute Gasteiger partial charge is 0.385 e.